The van der Waals surface area contributed by atoms with Gasteiger partial charge in [-0.3, -0.25) is 4.79 Å². The number of carbonyl (C=O) groups excluding carboxylic acids is 2. The molecule has 1 aliphatic rings. The van der Waals surface area contributed by atoms with Crippen molar-refractivity contribution in [1.29, 1.82) is 0 Å². The first kappa shape index (κ1) is 13.7. The minimum absolute atomic E-state index is 0.0169. The van der Waals surface area contributed by atoms with Crippen molar-refractivity contribution in [3.63, 3.8) is 0 Å². The highest BCUT2D eigenvalue weighted by Crippen LogP contribution is 2.31. The third kappa shape index (κ3) is 3.89. The summed E-state index contributed by atoms with van der Waals surface area (Å²) in [4.78, 5) is 23.8. The number of carbonyl (C=O) groups is 2. The molecule has 3 N–H and O–H groups in total. The summed E-state index contributed by atoms with van der Waals surface area (Å²) in [6.45, 7) is 3.12. The lowest BCUT2D eigenvalue weighted by Crippen LogP contribution is -2.35. The van der Waals surface area contributed by atoms with Crippen LogP contribution < -0.4 is 16.0 Å². The number of urea groups is 1. The van der Waals surface area contributed by atoms with E-state index in [2.05, 4.69) is 16.0 Å². The van der Waals surface area contributed by atoms with E-state index in [1.807, 2.05) is 25.1 Å². The van der Waals surface area contributed by atoms with E-state index in [0.29, 0.717) is 18.8 Å². The highest BCUT2D eigenvalue weighted by Gasteiger charge is 2.15. The summed E-state index contributed by atoms with van der Waals surface area (Å²) >= 11 is 1.53. The minimum atomic E-state index is -0.169. The summed E-state index contributed by atoms with van der Waals surface area (Å²) in [5.41, 5.74) is 1.79. The molecule has 0 aliphatic carbocycles. The number of amides is 3. The summed E-state index contributed by atoms with van der Waals surface area (Å²) in [5, 5.41) is 8.36. The van der Waals surface area contributed by atoms with E-state index in [-0.39, 0.29) is 11.9 Å². The second-order valence-electron chi connectivity index (χ2n) is 4.28. The van der Waals surface area contributed by atoms with Gasteiger partial charge in [0.25, 0.3) is 0 Å². The molecule has 0 aromatic heterocycles. The van der Waals surface area contributed by atoms with Gasteiger partial charge in [0.05, 0.1) is 11.4 Å². The van der Waals surface area contributed by atoms with Crippen LogP contribution in [0.4, 0.5) is 10.5 Å². The Hall–Kier alpha value is -1.69. The van der Waals surface area contributed by atoms with Crippen molar-refractivity contribution in [3.05, 3.63) is 23.8 Å². The Morgan fingerprint density at radius 1 is 1.42 bits per heavy atom. The lowest BCUT2D eigenvalue weighted by atomic mass is 10.2. The second kappa shape index (κ2) is 6.47. The summed E-state index contributed by atoms with van der Waals surface area (Å²) in [6.07, 6.45) is 0.912. The number of anilines is 1. The largest absolute Gasteiger partial charge is 0.338 e. The van der Waals surface area contributed by atoms with Gasteiger partial charge in [-0.1, -0.05) is 13.0 Å². The van der Waals surface area contributed by atoms with Gasteiger partial charge < -0.3 is 16.0 Å². The molecule has 0 saturated carbocycles. The molecule has 0 unspecified atom stereocenters. The lowest BCUT2D eigenvalue weighted by Gasteiger charge is -2.17. The molecule has 1 aliphatic heterocycles. The maximum Gasteiger partial charge on any atom is 0.315 e. The number of rotatable bonds is 4. The summed E-state index contributed by atoms with van der Waals surface area (Å²) in [6, 6.07) is 5.67. The van der Waals surface area contributed by atoms with Crippen LogP contribution in [-0.4, -0.2) is 24.2 Å². The predicted octanol–water partition coefficient (Wildman–Crippen LogP) is 1.94. The van der Waals surface area contributed by atoms with Crippen molar-refractivity contribution >= 4 is 29.4 Å². The van der Waals surface area contributed by atoms with Gasteiger partial charge in [0.2, 0.25) is 5.91 Å². The van der Waals surface area contributed by atoms with Crippen LogP contribution in [0.15, 0.2) is 23.1 Å². The monoisotopic (exact) mass is 279 g/mol. The van der Waals surface area contributed by atoms with Crippen LogP contribution in [0.25, 0.3) is 0 Å². The van der Waals surface area contributed by atoms with Crippen molar-refractivity contribution in [2.24, 2.45) is 0 Å². The summed E-state index contributed by atoms with van der Waals surface area (Å²) in [7, 11) is 0. The fourth-order valence-electron chi connectivity index (χ4n) is 1.72. The van der Waals surface area contributed by atoms with Crippen LogP contribution in [0.5, 0.6) is 0 Å². The van der Waals surface area contributed by atoms with Crippen molar-refractivity contribution in [1.82, 2.24) is 10.6 Å². The molecular weight excluding hydrogens is 262 g/mol. The molecular formula is C13H17N3O2S. The molecule has 0 spiro atoms. The quantitative estimate of drug-likeness (QED) is 0.789. The van der Waals surface area contributed by atoms with E-state index in [0.717, 1.165) is 22.6 Å². The topological polar surface area (TPSA) is 70.2 Å². The number of nitrogens with one attached hydrogen (secondary N) is 3. The van der Waals surface area contributed by atoms with Crippen LogP contribution in [-0.2, 0) is 11.3 Å². The van der Waals surface area contributed by atoms with E-state index in [9.17, 15) is 9.59 Å². The SMILES string of the molecule is CCCNC(=O)NCc1ccc2c(c1)NC(=O)CS2. The summed E-state index contributed by atoms with van der Waals surface area (Å²) in [5.74, 6) is 0.479. The third-order valence-electron chi connectivity index (χ3n) is 2.67. The first-order valence-corrected chi connectivity index (χ1v) is 7.25. The molecule has 0 fully saturated rings. The number of hydrogen-bond acceptors (Lipinski definition) is 3. The standard InChI is InChI=1S/C13H17N3O2S/c1-2-5-14-13(18)15-7-9-3-4-11-10(6-9)16-12(17)8-19-11/h3-4,6H,2,5,7-8H2,1H3,(H,16,17)(H2,14,15,18). The Bertz CT molecular complexity index is 491. The number of hydrogen-bond donors (Lipinski definition) is 3. The lowest BCUT2D eigenvalue weighted by molar-refractivity contribution is -0.113. The second-order valence-corrected chi connectivity index (χ2v) is 5.29. The normalized spacial score (nSPS) is 13.4. The molecule has 0 bridgehead atoms. The Balaban J connectivity index is 1.93. The van der Waals surface area contributed by atoms with E-state index in [4.69, 9.17) is 0 Å². The van der Waals surface area contributed by atoms with Crippen LogP contribution >= 0.6 is 11.8 Å². The highest BCUT2D eigenvalue weighted by molar-refractivity contribution is 8.00. The zero-order valence-electron chi connectivity index (χ0n) is 10.8. The van der Waals surface area contributed by atoms with E-state index in [1.165, 1.54) is 11.8 Å². The Kier molecular flexibility index (Phi) is 4.68. The van der Waals surface area contributed by atoms with Crippen LogP contribution in [0.3, 0.4) is 0 Å². The van der Waals surface area contributed by atoms with E-state index < -0.39 is 0 Å². The third-order valence-corrected chi connectivity index (χ3v) is 3.74. The number of benzene rings is 1. The number of thioether (sulfide) groups is 1. The van der Waals surface area contributed by atoms with E-state index in [1.54, 1.807) is 0 Å². The molecule has 0 saturated heterocycles. The maximum atomic E-state index is 11.4. The zero-order chi connectivity index (χ0) is 13.7. The highest BCUT2D eigenvalue weighted by atomic mass is 32.2. The molecule has 2 rings (SSSR count). The van der Waals surface area contributed by atoms with Gasteiger partial charge in [-0.15, -0.1) is 11.8 Å². The van der Waals surface area contributed by atoms with Crippen LogP contribution in [0, 0.1) is 0 Å². The molecule has 6 heteroatoms. The maximum absolute atomic E-state index is 11.4. The number of fused-ring (bicyclic) bond motifs is 1. The van der Waals surface area contributed by atoms with Crippen molar-refractivity contribution < 1.29 is 9.59 Å². The molecule has 0 radical (unpaired) electrons. The Morgan fingerprint density at radius 3 is 3.05 bits per heavy atom. The van der Waals surface area contributed by atoms with E-state index >= 15 is 0 Å². The molecule has 1 heterocycles. The zero-order valence-corrected chi connectivity index (χ0v) is 11.6. The molecule has 19 heavy (non-hydrogen) atoms. The minimum Gasteiger partial charge on any atom is -0.338 e. The average molecular weight is 279 g/mol. The molecule has 1 aromatic rings. The Morgan fingerprint density at radius 2 is 2.26 bits per heavy atom. The molecule has 5 nitrogen and oxygen atoms in total. The fourth-order valence-corrected chi connectivity index (χ4v) is 2.51. The molecule has 3 amide bonds. The smallest absolute Gasteiger partial charge is 0.315 e. The van der Waals surface area contributed by atoms with Gasteiger partial charge in [-0.25, -0.2) is 4.79 Å². The van der Waals surface area contributed by atoms with Crippen molar-refractivity contribution in [3.8, 4) is 0 Å². The van der Waals surface area contributed by atoms with Gasteiger partial charge in [0.1, 0.15) is 0 Å². The van der Waals surface area contributed by atoms with Gasteiger partial charge in [-0.05, 0) is 24.1 Å². The van der Waals surface area contributed by atoms with Gasteiger partial charge >= 0.3 is 6.03 Å². The first-order valence-electron chi connectivity index (χ1n) is 6.26. The predicted molar refractivity (Wildman–Crippen MR) is 76.3 cm³/mol. The molecule has 102 valence electrons. The van der Waals surface area contributed by atoms with Crippen molar-refractivity contribution in [2.75, 3.05) is 17.6 Å². The fraction of sp³-hybridized carbons (Fsp3) is 0.385. The Labute approximate surface area is 116 Å². The molecule has 1 aromatic carbocycles. The van der Waals surface area contributed by atoms with Gasteiger partial charge in [0, 0.05) is 18.0 Å². The van der Waals surface area contributed by atoms with Gasteiger partial charge in [-0.2, -0.15) is 0 Å². The van der Waals surface area contributed by atoms with Gasteiger partial charge in [0.15, 0.2) is 0 Å². The first-order chi connectivity index (χ1) is 9.19. The van der Waals surface area contributed by atoms with Crippen LogP contribution in [0.2, 0.25) is 0 Å². The molecule has 0 atom stereocenters. The van der Waals surface area contributed by atoms with Crippen LogP contribution in [0.1, 0.15) is 18.9 Å². The summed E-state index contributed by atoms with van der Waals surface area (Å²) < 4.78 is 0. The van der Waals surface area contributed by atoms with Crippen molar-refractivity contribution in [2.45, 2.75) is 24.8 Å². The average Bonchev–Trinajstić information content (AvgIpc) is 2.42.